The zero-order valence-corrected chi connectivity index (χ0v) is 14.7. The van der Waals surface area contributed by atoms with E-state index in [1.807, 2.05) is 0 Å². The van der Waals surface area contributed by atoms with Gasteiger partial charge in [0.15, 0.2) is 0 Å². The maximum atomic E-state index is 13.6. The molecule has 0 radical (unpaired) electrons. The summed E-state index contributed by atoms with van der Waals surface area (Å²) in [6.45, 7) is 1.42. The number of fused-ring (bicyclic) bond motifs is 1. The lowest BCUT2D eigenvalue weighted by molar-refractivity contribution is -0.116. The number of nitrogens with one attached hydrogen (secondary N) is 2. The molecule has 0 unspecified atom stereocenters. The van der Waals surface area contributed by atoms with Crippen LogP contribution in [0, 0.1) is 11.6 Å². The fraction of sp³-hybridized carbons (Fsp3) is 0.300. The Morgan fingerprint density at radius 3 is 2.96 bits per heavy atom. The molecular weight excluding hydrogens is 350 g/mol. The molecule has 7 heteroatoms. The van der Waals surface area contributed by atoms with Gasteiger partial charge in [-0.1, -0.05) is 12.1 Å². The maximum Gasteiger partial charge on any atom is 0.225 e. The summed E-state index contributed by atoms with van der Waals surface area (Å²) in [6.07, 6.45) is 2.20. The van der Waals surface area contributed by atoms with Gasteiger partial charge in [-0.15, -0.1) is 0 Å². The van der Waals surface area contributed by atoms with Gasteiger partial charge in [0.2, 0.25) is 5.91 Å². The van der Waals surface area contributed by atoms with Crippen LogP contribution in [0.4, 0.5) is 14.5 Å². The summed E-state index contributed by atoms with van der Waals surface area (Å²) >= 11 is 0. The number of rotatable bonds is 5. The van der Waals surface area contributed by atoms with Gasteiger partial charge >= 0.3 is 0 Å². The minimum Gasteiger partial charge on any atom is -0.341 e. The first kappa shape index (κ1) is 17.6. The Hall–Kier alpha value is -2.80. The lowest BCUT2D eigenvalue weighted by atomic mass is 10.2. The van der Waals surface area contributed by atoms with Crippen molar-refractivity contribution in [2.75, 3.05) is 18.4 Å². The summed E-state index contributed by atoms with van der Waals surface area (Å²) in [7, 11) is 0. The van der Waals surface area contributed by atoms with Crippen molar-refractivity contribution < 1.29 is 13.6 Å². The van der Waals surface area contributed by atoms with Crippen molar-refractivity contribution >= 4 is 22.6 Å². The van der Waals surface area contributed by atoms with Crippen molar-refractivity contribution in [1.29, 1.82) is 0 Å². The fourth-order valence-corrected chi connectivity index (χ4v) is 3.58. The third-order valence-corrected chi connectivity index (χ3v) is 4.92. The molecule has 3 aromatic rings. The number of carbonyl (C=O) groups excluding carboxylic acids is 1. The van der Waals surface area contributed by atoms with E-state index in [0.717, 1.165) is 30.7 Å². The van der Waals surface area contributed by atoms with Crippen molar-refractivity contribution in [3.05, 3.63) is 59.9 Å². The number of nitrogens with zero attached hydrogens (tertiary/aromatic N) is 2. The third-order valence-electron chi connectivity index (χ3n) is 4.92. The van der Waals surface area contributed by atoms with Gasteiger partial charge in [0, 0.05) is 13.0 Å². The van der Waals surface area contributed by atoms with Gasteiger partial charge < -0.3 is 10.3 Å². The number of aromatic amines is 1. The molecular formula is C20H20F2N4O. The number of H-pyrrole nitrogens is 1. The molecule has 4 rings (SSSR count). The van der Waals surface area contributed by atoms with E-state index in [2.05, 4.69) is 20.2 Å². The number of imidazole rings is 1. The lowest BCUT2D eigenvalue weighted by Crippen LogP contribution is -2.28. The number of hydrogen-bond donors (Lipinski definition) is 2. The Morgan fingerprint density at radius 1 is 1.26 bits per heavy atom. The van der Waals surface area contributed by atoms with Crippen LogP contribution in [0.1, 0.15) is 31.1 Å². The third kappa shape index (κ3) is 3.83. The van der Waals surface area contributed by atoms with Crippen LogP contribution in [0.2, 0.25) is 0 Å². The topological polar surface area (TPSA) is 61.0 Å². The van der Waals surface area contributed by atoms with E-state index < -0.39 is 5.82 Å². The molecule has 1 amide bonds. The first-order valence-electron chi connectivity index (χ1n) is 9.04. The molecule has 27 heavy (non-hydrogen) atoms. The van der Waals surface area contributed by atoms with Crippen LogP contribution in [-0.2, 0) is 4.79 Å². The number of amides is 1. The quantitative estimate of drug-likeness (QED) is 0.713. The number of benzene rings is 2. The molecule has 1 atom stereocenters. The zero-order valence-electron chi connectivity index (χ0n) is 14.7. The highest BCUT2D eigenvalue weighted by Crippen LogP contribution is 2.31. The van der Waals surface area contributed by atoms with Crippen LogP contribution in [0.25, 0.3) is 11.0 Å². The molecule has 1 aliphatic rings. The summed E-state index contributed by atoms with van der Waals surface area (Å²) in [5.74, 6) is -0.176. The van der Waals surface area contributed by atoms with Crippen LogP contribution in [-0.4, -0.2) is 33.9 Å². The fourth-order valence-electron chi connectivity index (χ4n) is 3.58. The number of halogens is 2. The van der Waals surface area contributed by atoms with Gasteiger partial charge in [0.05, 0.1) is 22.8 Å². The summed E-state index contributed by atoms with van der Waals surface area (Å²) in [4.78, 5) is 22.1. The Morgan fingerprint density at radius 2 is 2.11 bits per heavy atom. The van der Waals surface area contributed by atoms with Crippen LogP contribution in [0.5, 0.6) is 0 Å². The highest BCUT2D eigenvalue weighted by atomic mass is 19.1. The molecule has 1 fully saturated rings. The molecule has 2 aromatic carbocycles. The summed E-state index contributed by atoms with van der Waals surface area (Å²) in [6, 6.07) is 10.7. The summed E-state index contributed by atoms with van der Waals surface area (Å²) in [5, 5.41) is 2.61. The average Bonchev–Trinajstić information content (AvgIpc) is 3.27. The number of carbonyl (C=O) groups is 1. The number of hydrogen-bond acceptors (Lipinski definition) is 3. The normalized spacial score (nSPS) is 17.5. The minimum absolute atomic E-state index is 0.0710. The predicted molar refractivity (Wildman–Crippen MR) is 99.2 cm³/mol. The van der Waals surface area contributed by atoms with Crippen molar-refractivity contribution in [2.45, 2.75) is 25.3 Å². The molecule has 5 nitrogen and oxygen atoms in total. The summed E-state index contributed by atoms with van der Waals surface area (Å²) in [5.41, 5.74) is 1.60. The van der Waals surface area contributed by atoms with Gasteiger partial charge in [-0.25, -0.2) is 13.8 Å². The molecule has 2 heterocycles. The molecule has 140 valence electrons. The van der Waals surface area contributed by atoms with Gasteiger partial charge in [0.25, 0.3) is 0 Å². The largest absolute Gasteiger partial charge is 0.341 e. The molecule has 0 bridgehead atoms. The second kappa shape index (κ2) is 7.44. The molecule has 1 aliphatic heterocycles. The Bertz CT molecular complexity index is 972. The van der Waals surface area contributed by atoms with Crippen LogP contribution >= 0.6 is 0 Å². The van der Waals surface area contributed by atoms with E-state index in [0.29, 0.717) is 12.1 Å². The number of likely N-dealkylation sites (tertiary alicyclic amines) is 1. The summed E-state index contributed by atoms with van der Waals surface area (Å²) < 4.78 is 27.0. The Kier molecular flexibility index (Phi) is 4.85. The first-order valence-corrected chi connectivity index (χ1v) is 9.04. The van der Waals surface area contributed by atoms with E-state index in [4.69, 9.17) is 0 Å². The van der Waals surface area contributed by atoms with Gasteiger partial charge in [-0.3, -0.25) is 9.69 Å². The predicted octanol–water partition coefficient (Wildman–Crippen LogP) is 4.01. The van der Waals surface area contributed by atoms with E-state index in [1.54, 1.807) is 24.3 Å². The molecule has 1 aromatic heterocycles. The monoisotopic (exact) mass is 370 g/mol. The first-order chi connectivity index (χ1) is 13.1. The van der Waals surface area contributed by atoms with Crippen molar-refractivity contribution in [3.63, 3.8) is 0 Å². The Balaban J connectivity index is 1.40. The maximum absolute atomic E-state index is 13.6. The average molecular weight is 370 g/mol. The zero-order chi connectivity index (χ0) is 18.8. The van der Waals surface area contributed by atoms with Crippen molar-refractivity contribution in [1.82, 2.24) is 14.9 Å². The van der Waals surface area contributed by atoms with Gasteiger partial charge in [0.1, 0.15) is 17.5 Å². The molecule has 0 aliphatic carbocycles. The smallest absolute Gasteiger partial charge is 0.225 e. The minimum atomic E-state index is -0.445. The molecule has 1 saturated heterocycles. The standard InChI is InChI=1S/C20H20F2N4O/c21-13-7-8-16-17(12-13)25-20(24-16)18-6-3-10-26(18)11-9-19(27)23-15-5-2-1-4-14(15)22/h1-2,4-5,7-8,12,18H,3,6,9-11H2,(H,23,27)(H,24,25)/t18-/m1/s1. The van der Waals surface area contributed by atoms with Crippen molar-refractivity contribution in [2.24, 2.45) is 0 Å². The van der Waals surface area contributed by atoms with Gasteiger partial charge in [-0.2, -0.15) is 0 Å². The van der Waals surface area contributed by atoms with Gasteiger partial charge in [-0.05, 0) is 49.7 Å². The van der Waals surface area contributed by atoms with Crippen LogP contribution in [0.3, 0.4) is 0 Å². The Labute approximate surface area is 155 Å². The molecule has 0 saturated carbocycles. The lowest BCUT2D eigenvalue weighted by Gasteiger charge is -2.22. The SMILES string of the molecule is O=C(CCN1CCC[C@@H]1c1nc2ccc(F)cc2[nH]1)Nc1ccccc1F. The second-order valence-corrected chi connectivity index (χ2v) is 6.76. The van der Waals surface area contributed by atoms with E-state index in [1.165, 1.54) is 18.2 Å². The second-order valence-electron chi connectivity index (χ2n) is 6.76. The number of para-hydroxylation sites is 1. The van der Waals surface area contributed by atoms with E-state index >= 15 is 0 Å². The highest BCUT2D eigenvalue weighted by Gasteiger charge is 2.28. The molecule has 0 spiro atoms. The number of anilines is 1. The highest BCUT2D eigenvalue weighted by molar-refractivity contribution is 5.90. The van der Waals surface area contributed by atoms with E-state index in [-0.39, 0.29) is 29.9 Å². The van der Waals surface area contributed by atoms with E-state index in [9.17, 15) is 13.6 Å². The van der Waals surface area contributed by atoms with Crippen LogP contribution < -0.4 is 5.32 Å². The van der Waals surface area contributed by atoms with Crippen molar-refractivity contribution in [3.8, 4) is 0 Å². The molecule has 2 N–H and O–H groups in total. The van der Waals surface area contributed by atoms with Crippen LogP contribution in [0.15, 0.2) is 42.5 Å². The number of aromatic nitrogens is 2.